The second-order valence-corrected chi connectivity index (χ2v) is 6.58. The number of nitrogens with one attached hydrogen (secondary N) is 1. The van der Waals surface area contributed by atoms with Crippen LogP contribution in [0.3, 0.4) is 0 Å². The Labute approximate surface area is 133 Å². The molecule has 1 fully saturated rings. The highest BCUT2D eigenvalue weighted by molar-refractivity contribution is 5.78. The van der Waals surface area contributed by atoms with Crippen molar-refractivity contribution in [3.63, 3.8) is 0 Å². The van der Waals surface area contributed by atoms with Gasteiger partial charge in [-0.15, -0.1) is 0 Å². The lowest BCUT2D eigenvalue weighted by atomic mass is 10.00. The maximum Gasteiger partial charge on any atom is 0.237 e. The van der Waals surface area contributed by atoms with E-state index in [4.69, 9.17) is 0 Å². The Morgan fingerprint density at radius 3 is 2.95 bits per heavy atom. The summed E-state index contributed by atoms with van der Waals surface area (Å²) < 4.78 is 0. The Balaban J connectivity index is 1.56. The predicted molar refractivity (Wildman–Crippen MR) is 88.7 cm³/mol. The van der Waals surface area contributed by atoms with Gasteiger partial charge in [-0.05, 0) is 56.9 Å². The van der Waals surface area contributed by atoms with Crippen molar-refractivity contribution in [2.24, 2.45) is 0 Å². The smallest absolute Gasteiger partial charge is 0.237 e. The quantitative estimate of drug-likeness (QED) is 0.922. The number of benzene rings is 1. The molecule has 0 aromatic heterocycles. The summed E-state index contributed by atoms with van der Waals surface area (Å²) in [5, 5.41) is 3.44. The van der Waals surface area contributed by atoms with Crippen LogP contribution < -0.4 is 5.32 Å². The fourth-order valence-corrected chi connectivity index (χ4v) is 3.59. The molecular formula is C18H27N3O. The highest BCUT2D eigenvalue weighted by Crippen LogP contribution is 2.19. The highest BCUT2D eigenvalue weighted by atomic mass is 16.2. The van der Waals surface area contributed by atoms with E-state index in [1.54, 1.807) is 0 Å². The number of hydrogen-bond acceptors (Lipinski definition) is 3. The minimum atomic E-state index is 0.272. The molecule has 1 N–H and O–H groups in total. The van der Waals surface area contributed by atoms with Crippen LogP contribution in [0.15, 0.2) is 24.3 Å². The summed E-state index contributed by atoms with van der Waals surface area (Å²) >= 11 is 0. The Kier molecular flexibility index (Phi) is 5.11. The van der Waals surface area contributed by atoms with Gasteiger partial charge >= 0.3 is 0 Å². The number of rotatable bonds is 3. The number of likely N-dealkylation sites (N-methyl/N-ethyl adjacent to an activating group) is 1. The molecule has 1 saturated heterocycles. The first-order valence-electron chi connectivity index (χ1n) is 8.49. The molecular weight excluding hydrogens is 274 g/mol. The van der Waals surface area contributed by atoms with Gasteiger partial charge < -0.3 is 10.2 Å². The van der Waals surface area contributed by atoms with Crippen LogP contribution in [-0.2, 0) is 17.8 Å². The lowest BCUT2D eigenvalue weighted by molar-refractivity contribution is -0.133. The first-order chi connectivity index (χ1) is 10.7. The number of carbonyl (C=O) groups is 1. The highest BCUT2D eigenvalue weighted by Gasteiger charge is 2.24. The monoisotopic (exact) mass is 301 g/mol. The largest absolute Gasteiger partial charge is 0.337 e. The summed E-state index contributed by atoms with van der Waals surface area (Å²) in [6, 6.07) is 9.02. The molecule has 4 heteroatoms. The zero-order chi connectivity index (χ0) is 15.4. The van der Waals surface area contributed by atoms with E-state index in [9.17, 15) is 4.79 Å². The number of carbonyl (C=O) groups excluding carboxylic acids is 1. The van der Waals surface area contributed by atoms with Crippen molar-refractivity contribution in [2.75, 3.05) is 33.2 Å². The molecule has 1 unspecified atom stereocenters. The summed E-state index contributed by atoms with van der Waals surface area (Å²) in [5.41, 5.74) is 2.71. The van der Waals surface area contributed by atoms with Crippen LogP contribution in [0.2, 0.25) is 0 Å². The Hall–Kier alpha value is -1.39. The standard InChI is InChI=1S/C18H27N3O/c1-20(17-7-4-10-19-11-8-17)14-18(22)21-12-9-15-5-2-3-6-16(15)13-21/h2-3,5-6,17,19H,4,7-14H2,1H3. The van der Waals surface area contributed by atoms with Gasteiger partial charge in [0.05, 0.1) is 6.54 Å². The van der Waals surface area contributed by atoms with Gasteiger partial charge in [-0.1, -0.05) is 24.3 Å². The van der Waals surface area contributed by atoms with Crippen molar-refractivity contribution in [1.29, 1.82) is 0 Å². The summed E-state index contributed by atoms with van der Waals surface area (Å²) in [5.74, 6) is 0.272. The molecule has 2 aliphatic heterocycles. The Bertz CT molecular complexity index is 509. The molecule has 4 nitrogen and oxygen atoms in total. The topological polar surface area (TPSA) is 35.6 Å². The zero-order valence-corrected chi connectivity index (χ0v) is 13.6. The van der Waals surface area contributed by atoms with Crippen molar-refractivity contribution in [1.82, 2.24) is 15.1 Å². The van der Waals surface area contributed by atoms with Gasteiger partial charge in [0.25, 0.3) is 0 Å². The second-order valence-electron chi connectivity index (χ2n) is 6.58. The molecule has 0 aliphatic carbocycles. The zero-order valence-electron chi connectivity index (χ0n) is 13.6. The normalized spacial score (nSPS) is 22.3. The van der Waals surface area contributed by atoms with Gasteiger partial charge in [-0.2, -0.15) is 0 Å². The van der Waals surface area contributed by atoms with Gasteiger partial charge in [-0.25, -0.2) is 0 Å². The first kappa shape index (κ1) is 15.5. The average molecular weight is 301 g/mol. The molecule has 0 saturated carbocycles. The molecule has 1 aromatic rings. The van der Waals surface area contributed by atoms with E-state index in [2.05, 4.69) is 41.5 Å². The second kappa shape index (κ2) is 7.25. The van der Waals surface area contributed by atoms with Crippen LogP contribution >= 0.6 is 0 Å². The van der Waals surface area contributed by atoms with Crippen LogP contribution in [-0.4, -0.2) is 55.0 Å². The SMILES string of the molecule is CN(CC(=O)N1CCc2ccccc2C1)C1CCCNCC1. The van der Waals surface area contributed by atoms with Crippen LogP contribution in [0.5, 0.6) is 0 Å². The third-order valence-corrected chi connectivity index (χ3v) is 5.04. The van der Waals surface area contributed by atoms with Gasteiger partial charge in [0.2, 0.25) is 5.91 Å². The van der Waals surface area contributed by atoms with Crippen molar-refractivity contribution < 1.29 is 4.79 Å². The predicted octanol–water partition coefficient (Wildman–Crippen LogP) is 1.65. The number of amides is 1. The van der Waals surface area contributed by atoms with E-state index in [0.717, 1.165) is 39.0 Å². The van der Waals surface area contributed by atoms with Crippen LogP contribution in [0.25, 0.3) is 0 Å². The number of fused-ring (bicyclic) bond motifs is 1. The molecule has 1 atom stereocenters. The van der Waals surface area contributed by atoms with E-state index >= 15 is 0 Å². The Morgan fingerprint density at radius 1 is 1.27 bits per heavy atom. The fraction of sp³-hybridized carbons (Fsp3) is 0.611. The minimum Gasteiger partial charge on any atom is -0.337 e. The molecule has 0 spiro atoms. The summed E-state index contributed by atoms with van der Waals surface area (Å²) in [6.45, 7) is 4.36. The van der Waals surface area contributed by atoms with E-state index in [1.165, 1.54) is 24.0 Å². The van der Waals surface area contributed by atoms with Crippen molar-refractivity contribution in [3.8, 4) is 0 Å². The maximum absolute atomic E-state index is 12.6. The molecule has 0 bridgehead atoms. The lowest BCUT2D eigenvalue weighted by Crippen LogP contribution is -2.44. The van der Waals surface area contributed by atoms with Crippen LogP contribution in [0.1, 0.15) is 30.4 Å². The van der Waals surface area contributed by atoms with E-state index < -0.39 is 0 Å². The summed E-state index contributed by atoms with van der Waals surface area (Å²) in [6.07, 6.45) is 4.53. The van der Waals surface area contributed by atoms with Gasteiger partial charge in [0.15, 0.2) is 0 Å². The van der Waals surface area contributed by atoms with Crippen LogP contribution in [0.4, 0.5) is 0 Å². The molecule has 1 amide bonds. The van der Waals surface area contributed by atoms with Crippen LogP contribution in [0, 0.1) is 0 Å². The molecule has 2 heterocycles. The van der Waals surface area contributed by atoms with Crippen molar-refractivity contribution >= 4 is 5.91 Å². The van der Waals surface area contributed by atoms with Crippen molar-refractivity contribution in [3.05, 3.63) is 35.4 Å². The number of hydrogen-bond donors (Lipinski definition) is 1. The summed E-state index contributed by atoms with van der Waals surface area (Å²) in [7, 11) is 2.10. The molecule has 22 heavy (non-hydrogen) atoms. The van der Waals surface area contributed by atoms with E-state index in [0.29, 0.717) is 12.6 Å². The van der Waals surface area contributed by atoms with Gasteiger partial charge in [-0.3, -0.25) is 9.69 Å². The lowest BCUT2D eigenvalue weighted by Gasteiger charge is -2.32. The third kappa shape index (κ3) is 3.68. The molecule has 120 valence electrons. The fourth-order valence-electron chi connectivity index (χ4n) is 3.59. The maximum atomic E-state index is 12.6. The Morgan fingerprint density at radius 2 is 2.09 bits per heavy atom. The number of nitrogens with zero attached hydrogens (tertiary/aromatic N) is 2. The van der Waals surface area contributed by atoms with Crippen molar-refractivity contribution in [2.45, 2.75) is 38.3 Å². The summed E-state index contributed by atoms with van der Waals surface area (Å²) in [4.78, 5) is 16.9. The third-order valence-electron chi connectivity index (χ3n) is 5.04. The van der Waals surface area contributed by atoms with E-state index in [-0.39, 0.29) is 5.91 Å². The average Bonchev–Trinajstić information content (AvgIpc) is 2.83. The van der Waals surface area contributed by atoms with Gasteiger partial charge in [0, 0.05) is 19.1 Å². The molecule has 3 rings (SSSR count). The van der Waals surface area contributed by atoms with Gasteiger partial charge in [0.1, 0.15) is 0 Å². The molecule has 2 aliphatic rings. The first-order valence-corrected chi connectivity index (χ1v) is 8.49. The van der Waals surface area contributed by atoms with E-state index in [1.807, 2.05) is 4.90 Å². The minimum absolute atomic E-state index is 0.272. The molecule has 1 aromatic carbocycles. The molecule has 0 radical (unpaired) electrons.